The third kappa shape index (κ3) is 3.05. The maximum absolute atomic E-state index is 13.1. The van der Waals surface area contributed by atoms with Crippen LogP contribution in [0.15, 0.2) is 54.7 Å². The second-order valence-corrected chi connectivity index (χ2v) is 8.17. The Balaban J connectivity index is 1.41. The molecule has 2 aliphatic rings. The fourth-order valence-electron chi connectivity index (χ4n) is 4.53. The topological polar surface area (TPSA) is 88.7 Å². The Labute approximate surface area is 168 Å². The molecular formula is C23H23N3O3. The van der Waals surface area contributed by atoms with Crippen molar-refractivity contribution in [3.05, 3.63) is 60.3 Å². The van der Waals surface area contributed by atoms with Gasteiger partial charge in [0.25, 0.3) is 5.91 Å². The van der Waals surface area contributed by atoms with Crippen LogP contribution in [0.4, 0.5) is 5.82 Å². The Bertz CT molecular complexity index is 1080. The second-order valence-electron chi connectivity index (χ2n) is 8.17. The summed E-state index contributed by atoms with van der Waals surface area (Å²) in [6.45, 7) is 2.39. The molecule has 29 heavy (non-hydrogen) atoms. The molecule has 6 heteroatoms. The first-order valence-electron chi connectivity index (χ1n) is 9.82. The Morgan fingerprint density at radius 2 is 1.97 bits per heavy atom. The molecular weight excluding hydrogens is 366 g/mol. The summed E-state index contributed by atoms with van der Waals surface area (Å²) in [6, 6.07) is 15.7. The van der Waals surface area contributed by atoms with E-state index in [1.165, 1.54) is 0 Å². The molecule has 2 aromatic carbocycles. The molecule has 2 fully saturated rings. The number of rotatable bonds is 3. The molecule has 0 unspecified atom stereocenters. The van der Waals surface area contributed by atoms with Crippen LogP contribution >= 0.6 is 0 Å². The van der Waals surface area contributed by atoms with E-state index in [1.54, 1.807) is 12.3 Å². The summed E-state index contributed by atoms with van der Waals surface area (Å²) in [4.78, 5) is 19.1. The number of anilines is 1. The van der Waals surface area contributed by atoms with Crippen LogP contribution in [0, 0.1) is 11.3 Å². The van der Waals surface area contributed by atoms with E-state index < -0.39 is 0 Å². The smallest absolute Gasteiger partial charge is 0.253 e. The van der Waals surface area contributed by atoms with Crippen molar-refractivity contribution in [2.24, 2.45) is 11.3 Å². The van der Waals surface area contributed by atoms with E-state index in [-0.39, 0.29) is 23.8 Å². The molecule has 0 bridgehead atoms. The molecule has 2 saturated heterocycles. The summed E-state index contributed by atoms with van der Waals surface area (Å²) in [5, 5.41) is 11.9. The predicted molar refractivity (Wildman–Crippen MR) is 111 cm³/mol. The van der Waals surface area contributed by atoms with Crippen LogP contribution in [0.5, 0.6) is 0 Å². The normalized spacial score (nSPS) is 23.5. The van der Waals surface area contributed by atoms with Gasteiger partial charge >= 0.3 is 0 Å². The zero-order valence-corrected chi connectivity index (χ0v) is 16.0. The van der Waals surface area contributed by atoms with E-state index >= 15 is 0 Å². The van der Waals surface area contributed by atoms with Crippen molar-refractivity contribution >= 4 is 22.5 Å². The van der Waals surface area contributed by atoms with Gasteiger partial charge in [-0.1, -0.05) is 18.2 Å². The highest BCUT2D eigenvalue weighted by molar-refractivity contribution is 5.99. The minimum Gasteiger partial charge on any atom is -0.396 e. The molecule has 2 aliphatic heterocycles. The number of aromatic nitrogens is 1. The van der Waals surface area contributed by atoms with Crippen LogP contribution in [0.25, 0.3) is 21.9 Å². The van der Waals surface area contributed by atoms with Crippen LogP contribution in [0.1, 0.15) is 10.4 Å². The fraction of sp³-hybridized carbons (Fsp3) is 0.304. The van der Waals surface area contributed by atoms with E-state index in [1.807, 2.05) is 41.3 Å². The van der Waals surface area contributed by atoms with Crippen molar-refractivity contribution in [2.45, 2.75) is 0 Å². The van der Waals surface area contributed by atoms with E-state index in [4.69, 9.17) is 10.5 Å². The summed E-state index contributed by atoms with van der Waals surface area (Å²) in [5.41, 5.74) is 8.11. The lowest BCUT2D eigenvalue weighted by Gasteiger charge is -2.24. The Morgan fingerprint density at radius 3 is 2.72 bits per heavy atom. The van der Waals surface area contributed by atoms with Gasteiger partial charge in [-0.2, -0.15) is 0 Å². The first kappa shape index (κ1) is 18.1. The molecule has 6 nitrogen and oxygen atoms in total. The highest BCUT2D eigenvalue weighted by Crippen LogP contribution is 2.41. The lowest BCUT2D eigenvalue weighted by molar-refractivity contribution is 0.0631. The van der Waals surface area contributed by atoms with Crippen molar-refractivity contribution < 1.29 is 14.6 Å². The van der Waals surface area contributed by atoms with Crippen molar-refractivity contribution in [3.8, 4) is 11.1 Å². The van der Waals surface area contributed by atoms with E-state index in [0.717, 1.165) is 21.9 Å². The van der Waals surface area contributed by atoms with Crippen LogP contribution in [0.3, 0.4) is 0 Å². The Kier molecular flexibility index (Phi) is 4.26. The zero-order chi connectivity index (χ0) is 20.0. The van der Waals surface area contributed by atoms with Crippen molar-refractivity contribution in [1.82, 2.24) is 9.88 Å². The molecule has 148 valence electrons. The molecule has 3 aromatic rings. The number of likely N-dealkylation sites (tertiary alicyclic amines) is 1. The van der Waals surface area contributed by atoms with Crippen LogP contribution in [-0.2, 0) is 4.74 Å². The standard InChI is InChI=1S/C23H23N3O3/c24-21-6-5-19(9-25-21)17-2-1-16-8-18(4-3-15(16)7-17)22(28)26-10-20-11-29-14-23(20,12-26)13-27/h1-9,20,27H,10-14H2,(H2,24,25)/t20-,23-/m0/s1. The highest BCUT2D eigenvalue weighted by atomic mass is 16.5. The number of benzene rings is 2. The monoisotopic (exact) mass is 389 g/mol. The van der Waals surface area contributed by atoms with Gasteiger partial charge in [0.05, 0.1) is 19.8 Å². The van der Waals surface area contributed by atoms with Gasteiger partial charge in [0.1, 0.15) is 5.82 Å². The number of aliphatic hydroxyl groups excluding tert-OH is 1. The van der Waals surface area contributed by atoms with Gasteiger partial charge in [0.15, 0.2) is 0 Å². The molecule has 1 amide bonds. The summed E-state index contributed by atoms with van der Waals surface area (Å²) < 4.78 is 5.54. The number of hydrogen-bond acceptors (Lipinski definition) is 5. The highest BCUT2D eigenvalue weighted by Gasteiger charge is 2.51. The van der Waals surface area contributed by atoms with Crippen molar-refractivity contribution in [2.75, 3.05) is 38.6 Å². The van der Waals surface area contributed by atoms with Crippen LogP contribution in [0.2, 0.25) is 0 Å². The maximum atomic E-state index is 13.1. The van der Waals surface area contributed by atoms with E-state index in [2.05, 4.69) is 11.1 Å². The fourth-order valence-corrected chi connectivity index (χ4v) is 4.53. The number of hydrogen-bond donors (Lipinski definition) is 2. The number of nitrogens with two attached hydrogens (primary N) is 1. The maximum Gasteiger partial charge on any atom is 0.253 e. The number of ether oxygens (including phenoxy) is 1. The molecule has 0 spiro atoms. The summed E-state index contributed by atoms with van der Waals surface area (Å²) in [6.07, 6.45) is 1.76. The van der Waals surface area contributed by atoms with Gasteiger partial charge in [0, 0.05) is 41.7 Å². The minimum absolute atomic E-state index is 0.0148. The number of aliphatic hydroxyl groups is 1. The third-order valence-corrected chi connectivity index (χ3v) is 6.33. The van der Waals surface area contributed by atoms with Gasteiger partial charge < -0.3 is 20.5 Å². The van der Waals surface area contributed by atoms with E-state index in [0.29, 0.717) is 37.7 Å². The number of carbonyl (C=O) groups excluding carboxylic acids is 1. The van der Waals surface area contributed by atoms with Crippen molar-refractivity contribution in [3.63, 3.8) is 0 Å². The molecule has 5 rings (SSSR count). The lowest BCUT2D eigenvalue weighted by atomic mass is 9.82. The first-order valence-corrected chi connectivity index (χ1v) is 9.82. The van der Waals surface area contributed by atoms with Crippen molar-refractivity contribution in [1.29, 1.82) is 0 Å². The number of nitrogens with zero attached hydrogens (tertiary/aromatic N) is 2. The summed E-state index contributed by atoms with van der Waals surface area (Å²) >= 11 is 0. The zero-order valence-electron chi connectivity index (χ0n) is 16.0. The van der Waals surface area contributed by atoms with Gasteiger partial charge in [0.2, 0.25) is 0 Å². The van der Waals surface area contributed by atoms with Crippen LogP contribution < -0.4 is 5.73 Å². The first-order chi connectivity index (χ1) is 14.1. The van der Waals surface area contributed by atoms with Gasteiger partial charge in [-0.15, -0.1) is 0 Å². The predicted octanol–water partition coefficient (Wildman–Crippen LogP) is 2.56. The minimum atomic E-state index is -0.297. The summed E-state index contributed by atoms with van der Waals surface area (Å²) in [7, 11) is 0. The SMILES string of the molecule is Nc1ccc(-c2ccc3cc(C(=O)N4C[C@H]5COC[C@@]5(CO)C4)ccc3c2)cn1. The lowest BCUT2D eigenvalue weighted by Crippen LogP contribution is -2.36. The summed E-state index contributed by atoms with van der Waals surface area (Å²) in [5.74, 6) is 0.729. The number of carbonyl (C=O) groups is 1. The molecule has 3 N–H and O–H groups in total. The van der Waals surface area contributed by atoms with Gasteiger partial charge in [-0.25, -0.2) is 4.98 Å². The molecule has 2 atom stereocenters. The van der Waals surface area contributed by atoms with Crippen LogP contribution in [-0.4, -0.2) is 53.8 Å². The number of nitrogen functional groups attached to an aromatic ring is 1. The van der Waals surface area contributed by atoms with Gasteiger partial charge in [-0.3, -0.25) is 4.79 Å². The number of pyridine rings is 1. The third-order valence-electron chi connectivity index (χ3n) is 6.33. The molecule has 0 radical (unpaired) electrons. The molecule has 0 saturated carbocycles. The average molecular weight is 389 g/mol. The number of fused-ring (bicyclic) bond motifs is 2. The largest absolute Gasteiger partial charge is 0.396 e. The molecule has 0 aliphatic carbocycles. The van der Waals surface area contributed by atoms with E-state index in [9.17, 15) is 9.90 Å². The van der Waals surface area contributed by atoms with Gasteiger partial charge in [-0.05, 0) is 46.7 Å². The quantitative estimate of drug-likeness (QED) is 0.719. The Morgan fingerprint density at radius 1 is 1.17 bits per heavy atom. The second kappa shape index (κ2) is 6.83. The average Bonchev–Trinajstić information content (AvgIpc) is 3.31. The molecule has 3 heterocycles. The molecule has 1 aromatic heterocycles. The number of amides is 1. The Hall–Kier alpha value is -2.96.